The highest BCUT2D eigenvalue weighted by atomic mass is 16.7. The maximum absolute atomic E-state index is 5.57. The van der Waals surface area contributed by atoms with Gasteiger partial charge in [0, 0.05) is 6.61 Å². The van der Waals surface area contributed by atoms with Crippen molar-refractivity contribution in [2.24, 2.45) is 0 Å². The first-order chi connectivity index (χ1) is 13.9. The fourth-order valence-corrected chi connectivity index (χ4v) is 2.43. The topological polar surface area (TPSA) is 36.9 Å². The molecule has 0 N–H and O–H groups in total. The second-order valence-corrected chi connectivity index (χ2v) is 6.56. The van der Waals surface area contributed by atoms with Crippen LogP contribution in [0.3, 0.4) is 0 Å². The molecule has 0 bridgehead atoms. The minimum absolute atomic E-state index is 0.174. The largest absolute Gasteiger partial charge is 0.465 e. The molecule has 0 spiro atoms. The van der Waals surface area contributed by atoms with Crippen LogP contribution >= 0.6 is 0 Å². The summed E-state index contributed by atoms with van der Waals surface area (Å²) in [5, 5.41) is 0. The van der Waals surface area contributed by atoms with Crippen molar-refractivity contribution in [2.45, 2.75) is 53.3 Å². The highest BCUT2D eigenvalue weighted by Crippen LogP contribution is 2.16. The van der Waals surface area contributed by atoms with E-state index in [0.717, 1.165) is 22.6 Å². The lowest BCUT2D eigenvalue weighted by atomic mass is 10.2. The summed E-state index contributed by atoms with van der Waals surface area (Å²) in [6, 6.07) is 15.5. The molecule has 0 amide bonds. The molecule has 158 valence electrons. The monoisotopic (exact) mass is 398 g/mol. The van der Waals surface area contributed by atoms with Crippen molar-refractivity contribution in [3.05, 3.63) is 72.8 Å². The molecule has 0 saturated carbocycles. The van der Waals surface area contributed by atoms with Gasteiger partial charge in [-0.15, -0.1) is 0 Å². The van der Waals surface area contributed by atoms with Crippen LogP contribution in [0.25, 0.3) is 12.2 Å². The molecule has 2 rings (SSSR count). The Bertz CT molecular complexity index is 705. The quantitative estimate of drug-likeness (QED) is 0.424. The van der Waals surface area contributed by atoms with Crippen LogP contribution in [0.4, 0.5) is 0 Å². The summed E-state index contributed by atoms with van der Waals surface area (Å²) >= 11 is 0. The Balaban J connectivity index is 0.000000291. The van der Waals surface area contributed by atoms with Crippen molar-refractivity contribution in [1.29, 1.82) is 0 Å². The highest BCUT2D eigenvalue weighted by molar-refractivity contribution is 5.48. The van der Waals surface area contributed by atoms with E-state index >= 15 is 0 Å². The molecule has 0 aliphatic carbocycles. The summed E-state index contributed by atoms with van der Waals surface area (Å²) in [4.78, 5) is 0. The molecule has 4 heteroatoms. The third-order valence-electron chi connectivity index (χ3n) is 3.70. The maximum atomic E-state index is 5.57. The molecule has 4 nitrogen and oxygen atoms in total. The van der Waals surface area contributed by atoms with Crippen LogP contribution < -0.4 is 9.47 Å². The van der Waals surface area contributed by atoms with E-state index in [1.165, 1.54) is 0 Å². The van der Waals surface area contributed by atoms with Gasteiger partial charge in [-0.1, -0.05) is 49.6 Å². The van der Waals surface area contributed by atoms with Crippen LogP contribution in [0.5, 0.6) is 11.5 Å². The van der Waals surface area contributed by atoms with Crippen molar-refractivity contribution >= 4 is 12.2 Å². The van der Waals surface area contributed by atoms with E-state index in [4.69, 9.17) is 18.9 Å². The lowest BCUT2D eigenvalue weighted by Crippen LogP contribution is -2.20. The van der Waals surface area contributed by atoms with Gasteiger partial charge in [-0.05, 0) is 70.0 Å². The van der Waals surface area contributed by atoms with Crippen LogP contribution in [0.2, 0.25) is 0 Å². The van der Waals surface area contributed by atoms with Gasteiger partial charge in [0.2, 0.25) is 0 Å². The van der Waals surface area contributed by atoms with Crippen molar-refractivity contribution in [3.8, 4) is 11.5 Å². The van der Waals surface area contributed by atoms with Gasteiger partial charge in [0.15, 0.2) is 12.6 Å². The number of rotatable bonds is 10. The first-order valence-electron chi connectivity index (χ1n) is 9.93. The summed E-state index contributed by atoms with van der Waals surface area (Å²) in [6.45, 7) is 17.7. The summed E-state index contributed by atoms with van der Waals surface area (Å²) in [7, 11) is 0. The molecule has 0 aliphatic rings. The average molecular weight is 399 g/mol. The van der Waals surface area contributed by atoms with Crippen molar-refractivity contribution in [1.82, 2.24) is 0 Å². The second-order valence-electron chi connectivity index (χ2n) is 6.56. The van der Waals surface area contributed by atoms with E-state index in [1.807, 2.05) is 83.1 Å². The molecule has 2 unspecified atom stereocenters. The van der Waals surface area contributed by atoms with E-state index < -0.39 is 0 Å². The zero-order valence-electron chi connectivity index (χ0n) is 18.3. The molecule has 0 saturated heterocycles. The van der Waals surface area contributed by atoms with Gasteiger partial charge in [0.05, 0.1) is 6.10 Å². The van der Waals surface area contributed by atoms with Gasteiger partial charge in [0.25, 0.3) is 0 Å². The first kappa shape index (κ1) is 24.5. The molecule has 0 aromatic heterocycles. The lowest BCUT2D eigenvalue weighted by Gasteiger charge is -2.17. The van der Waals surface area contributed by atoms with E-state index in [0.29, 0.717) is 6.61 Å². The van der Waals surface area contributed by atoms with Gasteiger partial charge in [-0.25, -0.2) is 0 Å². The maximum Gasteiger partial charge on any atom is 0.197 e. The predicted molar refractivity (Wildman–Crippen MR) is 121 cm³/mol. The molecule has 2 atom stereocenters. The smallest absolute Gasteiger partial charge is 0.197 e. The van der Waals surface area contributed by atoms with Crippen molar-refractivity contribution in [3.63, 3.8) is 0 Å². The Kier molecular flexibility index (Phi) is 11.5. The average Bonchev–Trinajstić information content (AvgIpc) is 2.69. The molecule has 0 fully saturated rings. The fourth-order valence-electron chi connectivity index (χ4n) is 2.43. The summed E-state index contributed by atoms with van der Waals surface area (Å²) in [5.74, 6) is 1.63. The number of hydrogen-bond donors (Lipinski definition) is 0. The SMILES string of the molecule is C=Cc1ccc(OC(C)OC(C)C)cc1.C=Cc1ccc(OC(C)OCC)cc1. The molecule has 2 aromatic rings. The molecule has 29 heavy (non-hydrogen) atoms. The molecular formula is C25H34O4. The van der Waals surface area contributed by atoms with Crippen molar-refractivity contribution in [2.75, 3.05) is 6.61 Å². The second kappa shape index (κ2) is 13.6. The van der Waals surface area contributed by atoms with Crippen LogP contribution in [0.15, 0.2) is 61.7 Å². The lowest BCUT2D eigenvalue weighted by molar-refractivity contribution is -0.0950. The van der Waals surface area contributed by atoms with Gasteiger partial charge < -0.3 is 18.9 Å². The summed E-state index contributed by atoms with van der Waals surface area (Å²) in [6.07, 6.45) is 3.36. The van der Waals surface area contributed by atoms with E-state index in [9.17, 15) is 0 Å². The number of hydrogen-bond acceptors (Lipinski definition) is 4. The fraction of sp³-hybridized carbons (Fsp3) is 0.360. The predicted octanol–water partition coefficient (Wildman–Crippen LogP) is 6.57. The van der Waals surface area contributed by atoms with Crippen LogP contribution in [0.1, 0.15) is 45.7 Å². The minimum Gasteiger partial charge on any atom is -0.465 e. The summed E-state index contributed by atoms with van der Waals surface area (Å²) in [5.41, 5.74) is 2.17. The number of benzene rings is 2. The molecule has 0 aliphatic heterocycles. The molecule has 0 radical (unpaired) electrons. The molecule has 0 heterocycles. The minimum atomic E-state index is -0.223. The van der Waals surface area contributed by atoms with Gasteiger partial charge in [0.1, 0.15) is 11.5 Å². The van der Waals surface area contributed by atoms with Crippen LogP contribution in [0, 0.1) is 0 Å². The van der Waals surface area contributed by atoms with Gasteiger partial charge in [-0.2, -0.15) is 0 Å². The number of ether oxygens (including phenoxy) is 4. The molecular weight excluding hydrogens is 364 g/mol. The Labute approximate surface area is 175 Å². The standard InChI is InChI=1S/C13H18O2.C12H16O2/c1-5-12-6-8-13(9-7-12)15-11(4)14-10(2)3;1-4-11-6-8-12(9-7-11)14-10(3)13-5-2/h5-11H,1H2,2-4H3;4,6-10H,1,5H2,2-3H3. The zero-order chi connectivity index (χ0) is 21.6. The third-order valence-corrected chi connectivity index (χ3v) is 3.70. The zero-order valence-corrected chi connectivity index (χ0v) is 18.3. The Morgan fingerprint density at radius 3 is 1.48 bits per heavy atom. The normalized spacial score (nSPS) is 12.3. The van der Waals surface area contributed by atoms with E-state index in [-0.39, 0.29) is 18.7 Å². The molecule has 2 aromatic carbocycles. The Hall–Kier alpha value is -2.56. The van der Waals surface area contributed by atoms with Crippen molar-refractivity contribution < 1.29 is 18.9 Å². The summed E-state index contributed by atoms with van der Waals surface area (Å²) < 4.78 is 21.8. The third kappa shape index (κ3) is 10.5. The van der Waals surface area contributed by atoms with Crippen LogP contribution in [-0.2, 0) is 9.47 Å². The Morgan fingerprint density at radius 1 is 0.724 bits per heavy atom. The Morgan fingerprint density at radius 2 is 1.14 bits per heavy atom. The van der Waals surface area contributed by atoms with Gasteiger partial charge >= 0.3 is 0 Å². The first-order valence-corrected chi connectivity index (χ1v) is 9.93. The van der Waals surface area contributed by atoms with E-state index in [2.05, 4.69) is 13.2 Å². The highest BCUT2D eigenvalue weighted by Gasteiger charge is 2.05. The van der Waals surface area contributed by atoms with E-state index in [1.54, 1.807) is 12.2 Å². The van der Waals surface area contributed by atoms with Crippen LogP contribution in [-0.4, -0.2) is 25.3 Å². The van der Waals surface area contributed by atoms with Gasteiger partial charge in [-0.3, -0.25) is 0 Å².